The molecule has 0 atom stereocenters. The van der Waals surface area contributed by atoms with Crippen molar-refractivity contribution in [2.24, 2.45) is 0 Å². The molecule has 1 saturated heterocycles. The molecule has 0 unspecified atom stereocenters. The molecule has 0 spiro atoms. The van der Waals surface area contributed by atoms with Gasteiger partial charge in [0.05, 0.1) is 12.5 Å². The van der Waals surface area contributed by atoms with Crippen LogP contribution < -0.4 is 4.90 Å². The maximum Gasteiger partial charge on any atom is 0.0670 e. The summed E-state index contributed by atoms with van der Waals surface area (Å²) in [7, 11) is 0. The summed E-state index contributed by atoms with van der Waals surface area (Å²) < 4.78 is 1.05. The highest BCUT2D eigenvalue weighted by Gasteiger charge is 2.16. The average molecular weight is 265 g/mol. The SMILES string of the molecule is N#CCc1c(Br)cccc1N1CCCC1. The maximum absolute atomic E-state index is 8.82. The fourth-order valence-electron chi connectivity index (χ4n) is 2.06. The van der Waals surface area contributed by atoms with Gasteiger partial charge in [0, 0.05) is 28.8 Å². The van der Waals surface area contributed by atoms with Gasteiger partial charge in [0.1, 0.15) is 0 Å². The summed E-state index contributed by atoms with van der Waals surface area (Å²) in [6, 6.07) is 8.39. The van der Waals surface area contributed by atoms with Gasteiger partial charge in [-0.3, -0.25) is 0 Å². The van der Waals surface area contributed by atoms with Crippen molar-refractivity contribution in [3.63, 3.8) is 0 Å². The summed E-state index contributed by atoms with van der Waals surface area (Å²) in [6.45, 7) is 2.24. The Labute approximate surface area is 98.6 Å². The first-order valence-electron chi connectivity index (χ1n) is 5.22. The van der Waals surface area contributed by atoms with E-state index in [0.29, 0.717) is 6.42 Å². The first-order valence-corrected chi connectivity index (χ1v) is 6.01. The lowest BCUT2D eigenvalue weighted by Crippen LogP contribution is -2.19. The Hall–Kier alpha value is -1.01. The molecule has 2 rings (SSSR count). The summed E-state index contributed by atoms with van der Waals surface area (Å²) in [6.07, 6.45) is 3.00. The third-order valence-electron chi connectivity index (χ3n) is 2.80. The number of nitriles is 1. The van der Waals surface area contributed by atoms with Gasteiger partial charge in [0.25, 0.3) is 0 Å². The summed E-state index contributed by atoms with van der Waals surface area (Å²) >= 11 is 3.52. The molecule has 1 fully saturated rings. The molecule has 0 saturated carbocycles. The molecule has 1 aromatic carbocycles. The molecule has 0 N–H and O–H groups in total. The normalized spacial score (nSPS) is 15.3. The number of halogens is 1. The summed E-state index contributed by atoms with van der Waals surface area (Å²) in [5.74, 6) is 0. The van der Waals surface area contributed by atoms with Crippen LogP contribution in [0, 0.1) is 11.3 Å². The van der Waals surface area contributed by atoms with Crippen LogP contribution in [-0.2, 0) is 6.42 Å². The second-order valence-electron chi connectivity index (χ2n) is 3.77. The molecule has 3 heteroatoms. The molecule has 0 radical (unpaired) electrons. The van der Waals surface area contributed by atoms with Crippen molar-refractivity contribution in [2.45, 2.75) is 19.3 Å². The molecule has 0 aromatic heterocycles. The van der Waals surface area contributed by atoms with Crippen molar-refractivity contribution < 1.29 is 0 Å². The number of benzene rings is 1. The summed E-state index contributed by atoms with van der Waals surface area (Å²) in [5.41, 5.74) is 2.35. The van der Waals surface area contributed by atoms with E-state index in [0.717, 1.165) is 23.1 Å². The van der Waals surface area contributed by atoms with Crippen LogP contribution in [0.2, 0.25) is 0 Å². The lowest BCUT2D eigenvalue weighted by atomic mass is 10.1. The van der Waals surface area contributed by atoms with E-state index in [1.165, 1.54) is 18.5 Å². The molecule has 15 heavy (non-hydrogen) atoms. The topological polar surface area (TPSA) is 27.0 Å². The highest BCUT2D eigenvalue weighted by atomic mass is 79.9. The Morgan fingerprint density at radius 1 is 1.33 bits per heavy atom. The quantitative estimate of drug-likeness (QED) is 0.821. The lowest BCUT2D eigenvalue weighted by molar-refractivity contribution is 0.949. The molecular formula is C12H13BrN2. The monoisotopic (exact) mass is 264 g/mol. The van der Waals surface area contributed by atoms with Crippen LogP contribution in [0.1, 0.15) is 18.4 Å². The molecule has 1 aliphatic heterocycles. The van der Waals surface area contributed by atoms with Gasteiger partial charge in [-0.05, 0) is 25.0 Å². The van der Waals surface area contributed by atoms with Gasteiger partial charge in [0.2, 0.25) is 0 Å². The molecular weight excluding hydrogens is 252 g/mol. The molecule has 1 aromatic rings. The molecule has 0 aliphatic carbocycles. The van der Waals surface area contributed by atoms with Crippen LogP contribution in [-0.4, -0.2) is 13.1 Å². The Morgan fingerprint density at radius 3 is 2.73 bits per heavy atom. The van der Waals surface area contributed by atoms with Crippen molar-refractivity contribution in [3.8, 4) is 6.07 Å². The van der Waals surface area contributed by atoms with E-state index in [-0.39, 0.29) is 0 Å². The smallest absolute Gasteiger partial charge is 0.0670 e. The Balaban J connectivity index is 2.36. The van der Waals surface area contributed by atoms with Crippen LogP contribution in [0.15, 0.2) is 22.7 Å². The minimum absolute atomic E-state index is 0.479. The number of hydrogen-bond acceptors (Lipinski definition) is 2. The first kappa shape index (κ1) is 10.5. The van der Waals surface area contributed by atoms with E-state index in [4.69, 9.17) is 5.26 Å². The largest absolute Gasteiger partial charge is 0.371 e. The van der Waals surface area contributed by atoms with Gasteiger partial charge in [-0.2, -0.15) is 5.26 Å². The predicted molar refractivity (Wildman–Crippen MR) is 64.9 cm³/mol. The summed E-state index contributed by atoms with van der Waals surface area (Å²) in [4.78, 5) is 2.37. The van der Waals surface area contributed by atoms with Crippen LogP contribution in [0.25, 0.3) is 0 Å². The zero-order valence-electron chi connectivity index (χ0n) is 8.54. The van der Waals surface area contributed by atoms with E-state index in [1.807, 2.05) is 12.1 Å². The van der Waals surface area contributed by atoms with E-state index >= 15 is 0 Å². The van der Waals surface area contributed by atoms with Crippen LogP contribution in [0.3, 0.4) is 0 Å². The molecule has 78 valence electrons. The predicted octanol–water partition coefficient (Wildman–Crippen LogP) is 3.12. The van der Waals surface area contributed by atoms with Crippen LogP contribution >= 0.6 is 15.9 Å². The van der Waals surface area contributed by atoms with Crippen molar-refractivity contribution in [1.82, 2.24) is 0 Å². The molecule has 0 amide bonds. The Morgan fingerprint density at radius 2 is 2.07 bits per heavy atom. The van der Waals surface area contributed by atoms with Gasteiger partial charge in [-0.15, -0.1) is 0 Å². The van der Waals surface area contributed by atoms with Gasteiger partial charge < -0.3 is 4.90 Å². The maximum atomic E-state index is 8.82. The van der Waals surface area contributed by atoms with E-state index in [1.54, 1.807) is 0 Å². The average Bonchev–Trinajstić information content (AvgIpc) is 2.74. The number of nitrogens with zero attached hydrogens (tertiary/aromatic N) is 2. The van der Waals surface area contributed by atoms with E-state index in [9.17, 15) is 0 Å². The number of hydrogen-bond donors (Lipinski definition) is 0. The lowest BCUT2D eigenvalue weighted by Gasteiger charge is -2.21. The van der Waals surface area contributed by atoms with E-state index < -0.39 is 0 Å². The van der Waals surface area contributed by atoms with Gasteiger partial charge in [-0.25, -0.2) is 0 Å². The zero-order valence-corrected chi connectivity index (χ0v) is 10.1. The third-order valence-corrected chi connectivity index (χ3v) is 3.54. The third kappa shape index (κ3) is 2.15. The van der Waals surface area contributed by atoms with Crippen molar-refractivity contribution >= 4 is 21.6 Å². The summed E-state index contributed by atoms with van der Waals surface area (Å²) in [5, 5.41) is 8.82. The molecule has 2 nitrogen and oxygen atoms in total. The fourth-order valence-corrected chi connectivity index (χ4v) is 2.55. The van der Waals surface area contributed by atoms with Crippen LogP contribution in [0.4, 0.5) is 5.69 Å². The van der Waals surface area contributed by atoms with E-state index in [2.05, 4.69) is 33.0 Å². The Bertz CT molecular complexity index is 389. The van der Waals surface area contributed by atoms with Crippen LogP contribution in [0.5, 0.6) is 0 Å². The molecule has 1 aliphatic rings. The molecule has 1 heterocycles. The van der Waals surface area contributed by atoms with Crippen molar-refractivity contribution in [2.75, 3.05) is 18.0 Å². The number of rotatable bonds is 2. The van der Waals surface area contributed by atoms with Gasteiger partial charge >= 0.3 is 0 Å². The minimum Gasteiger partial charge on any atom is -0.371 e. The highest BCUT2D eigenvalue weighted by molar-refractivity contribution is 9.10. The standard InChI is InChI=1S/C12H13BrN2/c13-11-4-3-5-12(10(11)6-7-14)15-8-1-2-9-15/h3-5H,1-2,6,8-9H2. The van der Waals surface area contributed by atoms with Crippen molar-refractivity contribution in [1.29, 1.82) is 5.26 Å². The van der Waals surface area contributed by atoms with Gasteiger partial charge in [-0.1, -0.05) is 22.0 Å². The molecule has 0 bridgehead atoms. The van der Waals surface area contributed by atoms with Crippen molar-refractivity contribution in [3.05, 3.63) is 28.2 Å². The minimum atomic E-state index is 0.479. The number of anilines is 1. The first-order chi connectivity index (χ1) is 7.33. The second kappa shape index (κ2) is 4.67. The highest BCUT2D eigenvalue weighted by Crippen LogP contribution is 2.30. The fraction of sp³-hybridized carbons (Fsp3) is 0.417. The zero-order chi connectivity index (χ0) is 10.7. The van der Waals surface area contributed by atoms with Gasteiger partial charge in [0.15, 0.2) is 0 Å². The second-order valence-corrected chi connectivity index (χ2v) is 4.62. The Kier molecular flexibility index (Phi) is 3.27.